The van der Waals surface area contributed by atoms with Crippen molar-refractivity contribution in [2.24, 2.45) is 0 Å². The Morgan fingerprint density at radius 3 is 1.88 bits per heavy atom. The summed E-state index contributed by atoms with van der Waals surface area (Å²) < 4.78 is 36.8. The molecular weight excluding hydrogens is 365 g/mol. The van der Waals surface area contributed by atoms with Crippen LogP contribution in [-0.2, 0) is 29.9 Å². The number of hydrogen-bond acceptors (Lipinski definition) is 4. The van der Waals surface area contributed by atoms with Crippen LogP contribution in [0.4, 0.5) is 0 Å². The molecule has 0 aromatic carbocycles. The van der Waals surface area contributed by atoms with Crippen molar-refractivity contribution in [3.05, 3.63) is 0 Å². The van der Waals surface area contributed by atoms with Crippen LogP contribution in [0.2, 0.25) is 0 Å². The summed E-state index contributed by atoms with van der Waals surface area (Å²) in [5, 5.41) is 0. The normalized spacial score (nSPS) is 5.50. The fourth-order valence-corrected chi connectivity index (χ4v) is 0.225. The molecule has 0 saturated heterocycles. The van der Waals surface area contributed by atoms with Gasteiger partial charge < -0.3 is 0 Å². The van der Waals surface area contributed by atoms with Crippen molar-refractivity contribution in [1.29, 1.82) is 0 Å². The van der Waals surface area contributed by atoms with Gasteiger partial charge in [-0.1, -0.05) is 0 Å². The van der Waals surface area contributed by atoms with E-state index in [1.165, 1.54) is 0 Å². The maximum atomic E-state index is 9.70. The van der Waals surface area contributed by atoms with Gasteiger partial charge in [0.25, 0.3) is 0 Å². The second kappa shape index (κ2) is 10.8. The maximum absolute atomic E-state index is 9.70. The van der Waals surface area contributed by atoms with Gasteiger partial charge in [-0.3, -0.25) is 0 Å². The van der Waals surface area contributed by atoms with E-state index in [1.807, 2.05) is 0 Å². The molecule has 0 unspecified atom stereocenters. The van der Waals surface area contributed by atoms with Crippen LogP contribution in [0.25, 0.3) is 0 Å². The summed E-state index contributed by atoms with van der Waals surface area (Å²) in [6, 6.07) is 0. The van der Waals surface area contributed by atoms with Crippen LogP contribution < -0.4 is 0 Å². The summed E-state index contributed by atoms with van der Waals surface area (Å²) in [7, 11) is -2.32. The summed E-state index contributed by atoms with van der Waals surface area (Å²) in [4.78, 5) is 0. The molecule has 8 heavy (non-hydrogen) atoms. The first-order valence-corrected chi connectivity index (χ1v) is 6.48. The van der Waals surface area contributed by atoms with Gasteiger partial charge in [0.15, 0.2) is 0 Å². The molecule has 0 aromatic heterocycles. The Kier molecular flexibility index (Phi) is 15.8. The molecule has 0 spiro atoms. The Morgan fingerprint density at radius 2 is 1.88 bits per heavy atom. The average molecular weight is 365 g/mol. The third-order valence-corrected chi connectivity index (χ3v) is 1.64. The van der Waals surface area contributed by atoms with E-state index < -0.39 is 21.4 Å². The molecule has 42 valence electrons. The van der Waals surface area contributed by atoms with Gasteiger partial charge in [0.1, 0.15) is 0 Å². The first-order valence-electron chi connectivity index (χ1n) is 1.28. The van der Waals surface area contributed by atoms with E-state index in [2.05, 4.69) is 0 Å². The molecule has 0 aromatic rings. The molecule has 0 aliphatic heterocycles. The molecule has 0 rings (SSSR count). The van der Waals surface area contributed by atoms with Crippen LogP contribution in [0.3, 0.4) is 0 Å². The van der Waals surface area contributed by atoms with Gasteiger partial charge in [-0.2, -0.15) is 0 Å². The van der Waals surface area contributed by atoms with Crippen molar-refractivity contribution in [1.82, 2.24) is 0 Å². The predicted octanol–water partition coefficient (Wildman–Crippen LogP) is -1.62. The molecule has 0 amide bonds. The molecule has 0 fully saturated rings. The van der Waals surface area contributed by atoms with Gasteiger partial charge in [0, 0.05) is 0 Å². The number of hydrogen-bond donors (Lipinski definition) is 0. The Labute approximate surface area is 69.2 Å². The van der Waals surface area contributed by atoms with E-state index in [0.717, 1.165) is 0 Å². The molecule has 8 heteroatoms. The third-order valence-electron chi connectivity index (χ3n) is 0.169. The van der Waals surface area contributed by atoms with Gasteiger partial charge in [0.05, 0.1) is 0 Å². The number of rotatable bonds is 2. The SMILES string of the molecule is O=B[Si](=O)[Mn]=[O].[O]=[Pb]. The Bertz CT molecular complexity index is 94.2. The van der Waals surface area contributed by atoms with Crippen molar-refractivity contribution in [3.63, 3.8) is 0 Å². The van der Waals surface area contributed by atoms with E-state index in [0.29, 0.717) is 0 Å². The Hall–Kier alpha value is 0.923. The van der Waals surface area contributed by atoms with E-state index in [4.69, 9.17) is 2.69 Å². The zero-order chi connectivity index (χ0) is 6.99. The summed E-state index contributed by atoms with van der Waals surface area (Å²) in [5.74, 6) is 0. The van der Waals surface area contributed by atoms with E-state index in [9.17, 15) is 13.0 Å². The predicted molar refractivity (Wildman–Crippen MR) is 20.0 cm³/mol. The van der Waals surface area contributed by atoms with Crippen LogP contribution in [0.1, 0.15) is 0 Å². The Balaban J connectivity index is 0. The summed E-state index contributed by atoms with van der Waals surface area (Å²) in [6.07, 6.45) is 0. The van der Waals surface area contributed by atoms with Crippen molar-refractivity contribution in [2.45, 2.75) is 0 Å². The molecular formula is BMnO4PbSi. The zero-order valence-electron chi connectivity index (χ0n) is 3.59. The third kappa shape index (κ3) is 10.0. The van der Waals surface area contributed by atoms with E-state index in [-0.39, 0.29) is 32.5 Å². The topological polar surface area (TPSA) is 68.3 Å². The van der Waals surface area contributed by atoms with Gasteiger partial charge >= 0.3 is 69.6 Å². The quantitative estimate of drug-likeness (QED) is 0.552. The van der Waals surface area contributed by atoms with Gasteiger partial charge in [0.2, 0.25) is 0 Å². The minimum absolute atomic E-state index is 0.0556. The van der Waals surface area contributed by atoms with Gasteiger partial charge in [-0.05, 0) is 0 Å². The molecule has 0 aliphatic rings. The van der Waals surface area contributed by atoms with Crippen LogP contribution in [0.5, 0.6) is 0 Å². The molecule has 0 N–H and O–H groups in total. The Morgan fingerprint density at radius 1 is 1.50 bits per heavy atom. The van der Waals surface area contributed by atoms with E-state index >= 15 is 0 Å². The van der Waals surface area contributed by atoms with Crippen molar-refractivity contribution >= 4 is 39.7 Å². The van der Waals surface area contributed by atoms with Crippen molar-refractivity contribution < 1.29 is 29.9 Å². The molecule has 4 nitrogen and oxygen atoms in total. The second-order valence-electron chi connectivity index (χ2n) is 0.499. The van der Waals surface area contributed by atoms with Crippen LogP contribution >= 0.6 is 0 Å². The van der Waals surface area contributed by atoms with Gasteiger partial charge in [-0.25, -0.2) is 0 Å². The summed E-state index contributed by atoms with van der Waals surface area (Å²) in [5.41, 5.74) is 0. The second-order valence-corrected chi connectivity index (χ2v) is 3.97. The van der Waals surface area contributed by atoms with Crippen LogP contribution in [-0.4, -0.2) is 39.7 Å². The first-order chi connectivity index (χ1) is 3.81. The fourth-order valence-electron chi connectivity index (χ4n) is 0.0182. The summed E-state index contributed by atoms with van der Waals surface area (Å²) >= 11 is -0.909. The summed E-state index contributed by atoms with van der Waals surface area (Å²) in [6.45, 7) is 0.220. The van der Waals surface area contributed by atoms with Crippen molar-refractivity contribution in [2.75, 3.05) is 0 Å². The molecule has 0 aliphatic carbocycles. The molecule has 0 saturated carbocycles. The fraction of sp³-hybridized carbons (Fsp3) is 0. The van der Waals surface area contributed by atoms with Crippen LogP contribution in [0, 0.1) is 0 Å². The first kappa shape index (κ1) is 11.7. The minimum atomic E-state index is -2.32. The molecule has 0 heterocycles. The van der Waals surface area contributed by atoms with Crippen molar-refractivity contribution in [3.8, 4) is 0 Å². The van der Waals surface area contributed by atoms with Gasteiger partial charge in [-0.15, -0.1) is 0 Å². The monoisotopic (exact) mass is 366 g/mol. The molecule has 0 atom stereocenters. The average Bonchev–Trinajstić information content (AvgIpc) is 1.91. The zero-order valence-corrected chi connectivity index (χ0v) is 9.66. The standard InChI is InChI=1S/BO2Si.Mn.2O.Pb/c2-1-4-3;;;;. The molecule has 0 bridgehead atoms. The van der Waals surface area contributed by atoms with E-state index in [1.54, 1.807) is 0 Å². The molecule has 2 radical (unpaired) electrons. The van der Waals surface area contributed by atoms with Crippen LogP contribution in [0.15, 0.2) is 0 Å².